The molecule has 17 heavy (non-hydrogen) atoms. The third kappa shape index (κ3) is 3.71. The van der Waals surface area contributed by atoms with Gasteiger partial charge >= 0.3 is 6.18 Å². The molecule has 8 heteroatoms. The number of aryl methyl sites for hydroxylation is 1. The van der Waals surface area contributed by atoms with E-state index in [1.165, 1.54) is 12.4 Å². The van der Waals surface area contributed by atoms with Gasteiger partial charge in [0.2, 0.25) is 0 Å². The highest BCUT2D eigenvalue weighted by Crippen LogP contribution is 2.24. The maximum atomic E-state index is 12.2. The topological polar surface area (TPSA) is 66.5 Å². The van der Waals surface area contributed by atoms with E-state index in [4.69, 9.17) is 5.26 Å². The van der Waals surface area contributed by atoms with Crippen molar-refractivity contribution >= 4 is 0 Å². The van der Waals surface area contributed by atoms with Gasteiger partial charge in [-0.15, -0.1) is 10.2 Å². The summed E-state index contributed by atoms with van der Waals surface area (Å²) in [5, 5.41) is 18.3. The standard InChI is InChI=1S/C9H12F3N5/c1-2-17-6-15-16-8(17)5-14-4-7(3-13)9(10,11)12/h6-7,14H,2,4-5H2,1H3. The van der Waals surface area contributed by atoms with E-state index >= 15 is 0 Å². The molecule has 0 aromatic carbocycles. The van der Waals surface area contributed by atoms with Crippen molar-refractivity contribution in [3.05, 3.63) is 12.2 Å². The largest absolute Gasteiger partial charge is 0.405 e. The highest BCUT2D eigenvalue weighted by molar-refractivity contribution is 4.91. The van der Waals surface area contributed by atoms with E-state index in [1.807, 2.05) is 6.92 Å². The molecule has 0 saturated carbocycles. The van der Waals surface area contributed by atoms with Gasteiger partial charge in [0.25, 0.3) is 0 Å². The Bertz CT molecular complexity index is 392. The van der Waals surface area contributed by atoms with Gasteiger partial charge in [0.05, 0.1) is 12.6 Å². The fourth-order valence-corrected chi connectivity index (χ4v) is 1.24. The van der Waals surface area contributed by atoms with Gasteiger partial charge in [-0.1, -0.05) is 0 Å². The van der Waals surface area contributed by atoms with Crippen molar-refractivity contribution in [3.63, 3.8) is 0 Å². The molecule has 0 fully saturated rings. The van der Waals surface area contributed by atoms with Crippen LogP contribution in [-0.2, 0) is 13.1 Å². The highest BCUT2D eigenvalue weighted by atomic mass is 19.4. The predicted molar refractivity (Wildman–Crippen MR) is 52.6 cm³/mol. The normalized spacial score (nSPS) is 13.4. The lowest BCUT2D eigenvalue weighted by Gasteiger charge is -2.13. The van der Waals surface area contributed by atoms with Crippen molar-refractivity contribution in [1.29, 1.82) is 5.26 Å². The second kappa shape index (κ2) is 5.63. The number of nitriles is 1. The Balaban J connectivity index is 2.45. The fraction of sp³-hybridized carbons (Fsp3) is 0.667. The summed E-state index contributed by atoms with van der Waals surface area (Å²) in [6.07, 6.45) is -3.00. The summed E-state index contributed by atoms with van der Waals surface area (Å²) >= 11 is 0. The van der Waals surface area contributed by atoms with E-state index in [2.05, 4.69) is 15.5 Å². The third-order valence-electron chi connectivity index (χ3n) is 2.22. The fourth-order valence-electron chi connectivity index (χ4n) is 1.24. The molecule has 1 heterocycles. The van der Waals surface area contributed by atoms with Gasteiger partial charge < -0.3 is 9.88 Å². The van der Waals surface area contributed by atoms with Crippen molar-refractivity contribution in [2.75, 3.05) is 6.54 Å². The summed E-state index contributed by atoms with van der Waals surface area (Å²) in [7, 11) is 0. The van der Waals surface area contributed by atoms with Gasteiger partial charge in [-0.3, -0.25) is 0 Å². The Morgan fingerprint density at radius 1 is 1.59 bits per heavy atom. The number of halogens is 3. The van der Waals surface area contributed by atoms with Crippen LogP contribution in [0.1, 0.15) is 12.7 Å². The van der Waals surface area contributed by atoms with E-state index < -0.39 is 18.6 Å². The monoisotopic (exact) mass is 247 g/mol. The van der Waals surface area contributed by atoms with Crippen LogP contribution in [0.3, 0.4) is 0 Å². The van der Waals surface area contributed by atoms with Crippen LogP contribution in [0.15, 0.2) is 6.33 Å². The molecule has 1 unspecified atom stereocenters. The number of nitrogens with zero attached hydrogens (tertiary/aromatic N) is 4. The second-order valence-electron chi connectivity index (χ2n) is 3.39. The van der Waals surface area contributed by atoms with E-state index in [9.17, 15) is 13.2 Å². The summed E-state index contributed by atoms with van der Waals surface area (Å²) in [5.74, 6) is -1.45. The van der Waals surface area contributed by atoms with Crippen LogP contribution in [0.25, 0.3) is 0 Å². The summed E-state index contributed by atoms with van der Waals surface area (Å²) < 4.78 is 38.4. The van der Waals surface area contributed by atoms with Gasteiger partial charge in [-0.25, -0.2) is 0 Å². The minimum absolute atomic E-state index is 0.155. The van der Waals surface area contributed by atoms with Gasteiger partial charge in [0.1, 0.15) is 12.2 Å². The van der Waals surface area contributed by atoms with Crippen LogP contribution in [0.4, 0.5) is 13.2 Å². The second-order valence-corrected chi connectivity index (χ2v) is 3.39. The SMILES string of the molecule is CCn1cnnc1CNCC(C#N)C(F)(F)F. The summed E-state index contributed by atoms with van der Waals surface area (Å²) in [5.41, 5.74) is 0. The molecule has 94 valence electrons. The van der Waals surface area contributed by atoms with Crippen molar-refractivity contribution < 1.29 is 13.2 Å². The van der Waals surface area contributed by atoms with E-state index in [0.29, 0.717) is 12.4 Å². The number of hydrogen-bond acceptors (Lipinski definition) is 4. The lowest BCUT2D eigenvalue weighted by Crippen LogP contribution is -2.32. The van der Waals surface area contributed by atoms with Crippen LogP contribution in [0, 0.1) is 17.2 Å². The molecular formula is C9H12F3N5. The van der Waals surface area contributed by atoms with Gasteiger partial charge in [-0.2, -0.15) is 18.4 Å². The lowest BCUT2D eigenvalue weighted by molar-refractivity contribution is -0.157. The minimum atomic E-state index is -4.50. The molecule has 0 aliphatic rings. The van der Waals surface area contributed by atoms with Crippen LogP contribution in [0.2, 0.25) is 0 Å². The molecule has 0 radical (unpaired) electrons. The highest BCUT2D eigenvalue weighted by Gasteiger charge is 2.39. The Morgan fingerprint density at radius 3 is 2.82 bits per heavy atom. The van der Waals surface area contributed by atoms with Crippen molar-refractivity contribution in [3.8, 4) is 6.07 Å². The molecule has 0 aliphatic carbocycles. The Labute approximate surface area is 96.3 Å². The molecule has 1 N–H and O–H groups in total. The molecule has 1 atom stereocenters. The average Bonchev–Trinajstić information content (AvgIpc) is 2.69. The number of hydrogen-bond donors (Lipinski definition) is 1. The van der Waals surface area contributed by atoms with Crippen LogP contribution in [0.5, 0.6) is 0 Å². The molecule has 5 nitrogen and oxygen atoms in total. The first-order chi connectivity index (χ1) is 7.99. The first kappa shape index (κ1) is 13.4. The molecule has 1 aromatic rings. The molecule has 0 saturated heterocycles. The van der Waals surface area contributed by atoms with E-state index in [0.717, 1.165) is 0 Å². The van der Waals surface area contributed by atoms with Gasteiger partial charge in [0.15, 0.2) is 5.92 Å². The zero-order chi connectivity index (χ0) is 12.9. The molecule has 0 aliphatic heterocycles. The minimum Gasteiger partial charge on any atom is -0.317 e. The van der Waals surface area contributed by atoms with Crippen LogP contribution >= 0.6 is 0 Å². The molecule has 0 spiro atoms. The predicted octanol–water partition coefficient (Wildman–Crippen LogP) is 1.09. The maximum Gasteiger partial charge on any atom is 0.405 e. The number of alkyl halides is 3. The van der Waals surface area contributed by atoms with Crippen molar-refractivity contribution in [2.24, 2.45) is 5.92 Å². The Morgan fingerprint density at radius 2 is 2.29 bits per heavy atom. The maximum absolute atomic E-state index is 12.2. The Kier molecular flexibility index (Phi) is 4.45. The average molecular weight is 247 g/mol. The van der Waals surface area contributed by atoms with Crippen molar-refractivity contribution in [1.82, 2.24) is 20.1 Å². The zero-order valence-electron chi connectivity index (χ0n) is 9.20. The van der Waals surface area contributed by atoms with Crippen molar-refractivity contribution in [2.45, 2.75) is 26.2 Å². The number of rotatable bonds is 5. The molecule has 0 amide bonds. The Hall–Kier alpha value is -1.62. The first-order valence-corrected chi connectivity index (χ1v) is 5.02. The molecule has 0 bridgehead atoms. The smallest absolute Gasteiger partial charge is 0.317 e. The summed E-state index contributed by atoms with van der Waals surface area (Å²) in [6, 6.07) is 1.22. The van der Waals surface area contributed by atoms with Gasteiger partial charge in [-0.05, 0) is 6.92 Å². The molecule has 1 rings (SSSR count). The van der Waals surface area contributed by atoms with Crippen LogP contribution < -0.4 is 5.32 Å². The van der Waals surface area contributed by atoms with E-state index in [-0.39, 0.29) is 6.54 Å². The lowest BCUT2D eigenvalue weighted by atomic mass is 10.1. The molecule has 1 aromatic heterocycles. The summed E-state index contributed by atoms with van der Waals surface area (Å²) in [6.45, 7) is 2.23. The van der Waals surface area contributed by atoms with Crippen LogP contribution in [-0.4, -0.2) is 27.5 Å². The number of nitrogens with one attached hydrogen (secondary N) is 1. The zero-order valence-corrected chi connectivity index (χ0v) is 9.20. The summed E-state index contributed by atoms with van der Waals surface area (Å²) in [4.78, 5) is 0. The quantitative estimate of drug-likeness (QED) is 0.845. The third-order valence-corrected chi connectivity index (χ3v) is 2.22. The molecular weight excluding hydrogens is 235 g/mol. The van der Waals surface area contributed by atoms with Gasteiger partial charge in [0, 0.05) is 13.1 Å². The first-order valence-electron chi connectivity index (χ1n) is 5.02. The van der Waals surface area contributed by atoms with E-state index in [1.54, 1.807) is 4.57 Å². The number of aromatic nitrogens is 3.